The maximum atomic E-state index is 9.55. The lowest BCUT2D eigenvalue weighted by Crippen LogP contribution is -2.08. The van der Waals surface area contributed by atoms with Crippen LogP contribution in [0.25, 0.3) is 0 Å². The van der Waals surface area contributed by atoms with Gasteiger partial charge in [0.1, 0.15) is 11.9 Å². The Bertz CT molecular complexity index is 249. The van der Waals surface area contributed by atoms with Crippen molar-refractivity contribution in [3.8, 4) is 0 Å². The summed E-state index contributed by atoms with van der Waals surface area (Å²) in [6.07, 6.45) is 1.76. The lowest BCUT2D eigenvalue weighted by molar-refractivity contribution is 0.0367. The molecule has 74 valence electrons. The summed E-state index contributed by atoms with van der Waals surface area (Å²) in [5.41, 5.74) is 6.11. The van der Waals surface area contributed by atoms with Crippen LogP contribution in [-0.4, -0.2) is 28.5 Å². The van der Waals surface area contributed by atoms with E-state index in [1.165, 1.54) is 6.20 Å². The van der Waals surface area contributed by atoms with Crippen molar-refractivity contribution in [1.82, 2.24) is 10.2 Å². The zero-order chi connectivity index (χ0) is 9.68. The normalized spacial score (nSPS) is 13.1. The zero-order valence-electron chi connectivity index (χ0n) is 7.66. The van der Waals surface area contributed by atoms with Crippen LogP contribution < -0.4 is 5.73 Å². The third kappa shape index (κ3) is 2.71. The molecule has 1 heterocycles. The second-order valence-corrected chi connectivity index (χ2v) is 2.83. The molecule has 0 spiro atoms. The molecule has 5 nitrogen and oxygen atoms in total. The van der Waals surface area contributed by atoms with Gasteiger partial charge >= 0.3 is 0 Å². The van der Waals surface area contributed by atoms with Gasteiger partial charge in [0, 0.05) is 12.2 Å². The van der Waals surface area contributed by atoms with E-state index in [4.69, 9.17) is 10.5 Å². The van der Waals surface area contributed by atoms with E-state index in [-0.39, 0.29) is 6.61 Å². The maximum Gasteiger partial charge on any atom is 0.124 e. The summed E-state index contributed by atoms with van der Waals surface area (Å²) in [5.74, 6) is 0.396. The minimum atomic E-state index is -0.690. The quantitative estimate of drug-likeness (QED) is 0.581. The molecule has 0 fully saturated rings. The van der Waals surface area contributed by atoms with Gasteiger partial charge in [-0.2, -0.15) is 5.10 Å². The summed E-state index contributed by atoms with van der Waals surface area (Å²) in [6, 6.07) is 0. The SMILES string of the molecule is CCCOCC(O)c1cn[nH]c1N. The predicted molar refractivity (Wildman–Crippen MR) is 49.1 cm³/mol. The molecule has 1 unspecified atom stereocenters. The summed E-state index contributed by atoms with van der Waals surface area (Å²) in [5, 5.41) is 15.8. The molecule has 1 rings (SSSR count). The van der Waals surface area contributed by atoms with E-state index in [0.717, 1.165) is 6.42 Å². The van der Waals surface area contributed by atoms with Gasteiger partial charge in [-0.05, 0) is 6.42 Å². The smallest absolute Gasteiger partial charge is 0.124 e. The van der Waals surface area contributed by atoms with Crippen LogP contribution in [0, 0.1) is 0 Å². The Labute approximate surface area is 76.9 Å². The molecule has 1 atom stereocenters. The van der Waals surface area contributed by atoms with E-state index >= 15 is 0 Å². The van der Waals surface area contributed by atoms with Crippen LogP contribution in [0.4, 0.5) is 5.82 Å². The fourth-order valence-electron chi connectivity index (χ4n) is 1.00. The Kier molecular flexibility index (Phi) is 3.72. The average molecular weight is 185 g/mol. The highest BCUT2D eigenvalue weighted by molar-refractivity contribution is 5.38. The number of rotatable bonds is 5. The Morgan fingerprint density at radius 3 is 3.08 bits per heavy atom. The Morgan fingerprint density at radius 2 is 2.54 bits per heavy atom. The first-order valence-corrected chi connectivity index (χ1v) is 4.30. The van der Waals surface area contributed by atoms with Gasteiger partial charge in [-0.1, -0.05) is 6.92 Å². The fourth-order valence-corrected chi connectivity index (χ4v) is 1.00. The Balaban J connectivity index is 2.39. The van der Waals surface area contributed by atoms with Crippen molar-refractivity contribution < 1.29 is 9.84 Å². The Hall–Kier alpha value is -1.07. The summed E-state index contributed by atoms with van der Waals surface area (Å²) < 4.78 is 5.18. The van der Waals surface area contributed by atoms with Crippen molar-refractivity contribution in [2.24, 2.45) is 0 Å². The van der Waals surface area contributed by atoms with E-state index in [1.807, 2.05) is 6.92 Å². The van der Waals surface area contributed by atoms with Crippen LogP contribution in [-0.2, 0) is 4.74 Å². The predicted octanol–water partition coefficient (Wildman–Crippen LogP) is 0.452. The van der Waals surface area contributed by atoms with Crippen molar-refractivity contribution >= 4 is 5.82 Å². The van der Waals surface area contributed by atoms with E-state index in [9.17, 15) is 5.11 Å². The number of aliphatic hydroxyl groups is 1. The lowest BCUT2D eigenvalue weighted by atomic mass is 10.2. The van der Waals surface area contributed by atoms with E-state index < -0.39 is 6.10 Å². The molecule has 0 aliphatic carbocycles. The van der Waals surface area contributed by atoms with Crippen molar-refractivity contribution in [2.75, 3.05) is 18.9 Å². The van der Waals surface area contributed by atoms with Gasteiger partial charge in [0.05, 0.1) is 12.8 Å². The average Bonchev–Trinajstić information content (AvgIpc) is 2.52. The Morgan fingerprint density at radius 1 is 1.77 bits per heavy atom. The van der Waals surface area contributed by atoms with Gasteiger partial charge in [0.15, 0.2) is 0 Å². The number of aromatic amines is 1. The standard InChI is InChI=1S/C8H15N3O2/c1-2-3-13-5-7(12)6-4-10-11-8(6)9/h4,7,12H,2-3,5H2,1H3,(H3,9,10,11). The number of H-pyrrole nitrogens is 1. The van der Waals surface area contributed by atoms with Crippen LogP contribution in [0.15, 0.2) is 6.20 Å². The molecule has 0 aliphatic rings. The number of nitrogens with zero attached hydrogens (tertiary/aromatic N) is 1. The molecule has 0 saturated heterocycles. The number of anilines is 1. The van der Waals surface area contributed by atoms with Crippen LogP contribution in [0.2, 0.25) is 0 Å². The van der Waals surface area contributed by atoms with Crippen molar-refractivity contribution in [1.29, 1.82) is 0 Å². The zero-order valence-corrected chi connectivity index (χ0v) is 7.66. The minimum Gasteiger partial charge on any atom is -0.386 e. The first-order chi connectivity index (χ1) is 6.25. The largest absolute Gasteiger partial charge is 0.386 e. The summed E-state index contributed by atoms with van der Waals surface area (Å²) >= 11 is 0. The molecule has 5 heteroatoms. The number of nitrogen functional groups attached to an aromatic ring is 1. The van der Waals surface area contributed by atoms with Gasteiger partial charge in [-0.15, -0.1) is 0 Å². The van der Waals surface area contributed by atoms with Crippen molar-refractivity contribution in [3.63, 3.8) is 0 Å². The first-order valence-electron chi connectivity index (χ1n) is 4.30. The number of nitrogens with two attached hydrogens (primary N) is 1. The highest BCUT2D eigenvalue weighted by atomic mass is 16.5. The second-order valence-electron chi connectivity index (χ2n) is 2.83. The third-order valence-electron chi connectivity index (χ3n) is 1.68. The molecule has 0 amide bonds. The van der Waals surface area contributed by atoms with Gasteiger partial charge in [-0.3, -0.25) is 5.10 Å². The number of ether oxygens (including phenoxy) is 1. The van der Waals surface area contributed by atoms with Gasteiger partial charge in [0.2, 0.25) is 0 Å². The van der Waals surface area contributed by atoms with E-state index in [2.05, 4.69) is 10.2 Å². The number of aliphatic hydroxyl groups excluding tert-OH is 1. The number of nitrogens with one attached hydrogen (secondary N) is 1. The second kappa shape index (κ2) is 4.84. The molecule has 1 aromatic heterocycles. The van der Waals surface area contributed by atoms with Gasteiger partial charge in [0.25, 0.3) is 0 Å². The molecule has 1 aromatic rings. The monoisotopic (exact) mass is 185 g/mol. The fraction of sp³-hybridized carbons (Fsp3) is 0.625. The molecule has 13 heavy (non-hydrogen) atoms. The molecular formula is C8H15N3O2. The topological polar surface area (TPSA) is 84.2 Å². The lowest BCUT2D eigenvalue weighted by Gasteiger charge is -2.09. The molecule has 0 bridgehead atoms. The molecular weight excluding hydrogens is 170 g/mol. The summed E-state index contributed by atoms with van der Waals surface area (Å²) in [7, 11) is 0. The minimum absolute atomic E-state index is 0.261. The number of hydrogen-bond acceptors (Lipinski definition) is 4. The van der Waals surface area contributed by atoms with E-state index in [0.29, 0.717) is 18.0 Å². The van der Waals surface area contributed by atoms with E-state index in [1.54, 1.807) is 0 Å². The molecule has 0 saturated carbocycles. The highest BCUT2D eigenvalue weighted by Gasteiger charge is 2.12. The number of aromatic nitrogens is 2. The van der Waals surface area contributed by atoms with Crippen molar-refractivity contribution in [2.45, 2.75) is 19.4 Å². The molecule has 0 radical (unpaired) electrons. The summed E-state index contributed by atoms with van der Waals surface area (Å²) in [4.78, 5) is 0. The summed E-state index contributed by atoms with van der Waals surface area (Å²) in [6.45, 7) is 2.92. The van der Waals surface area contributed by atoms with Gasteiger partial charge < -0.3 is 15.6 Å². The van der Waals surface area contributed by atoms with Crippen LogP contribution in [0.5, 0.6) is 0 Å². The number of hydrogen-bond donors (Lipinski definition) is 3. The maximum absolute atomic E-state index is 9.55. The van der Waals surface area contributed by atoms with Crippen LogP contribution in [0.1, 0.15) is 25.0 Å². The first kappa shape index (κ1) is 10.0. The van der Waals surface area contributed by atoms with Crippen LogP contribution >= 0.6 is 0 Å². The third-order valence-corrected chi connectivity index (χ3v) is 1.68. The molecule has 4 N–H and O–H groups in total. The molecule has 0 aromatic carbocycles. The van der Waals surface area contributed by atoms with Crippen LogP contribution in [0.3, 0.4) is 0 Å². The molecule has 0 aliphatic heterocycles. The van der Waals surface area contributed by atoms with Gasteiger partial charge in [-0.25, -0.2) is 0 Å². The van der Waals surface area contributed by atoms with Crippen molar-refractivity contribution in [3.05, 3.63) is 11.8 Å². The highest BCUT2D eigenvalue weighted by Crippen LogP contribution is 2.17.